The molecule has 1 N–H and O–H groups in total. The second-order valence-electron chi connectivity index (χ2n) is 2.67. The van der Waals surface area contributed by atoms with Crippen LogP contribution >= 0.6 is 0 Å². The molecule has 0 radical (unpaired) electrons. The second-order valence-corrected chi connectivity index (χ2v) is 2.67. The Morgan fingerprint density at radius 3 is 3.15 bits per heavy atom. The highest BCUT2D eigenvalue weighted by Crippen LogP contribution is 2.08. The zero-order valence-corrected chi connectivity index (χ0v) is 6.84. The molecule has 2 aromatic rings. The van der Waals surface area contributed by atoms with Crippen molar-refractivity contribution in [1.82, 2.24) is 9.38 Å². The van der Waals surface area contributed by atoms with E-state index in [1.165, 1.54) is 0 Å². The van der Waals surface area contributed by atoms with Gasteiger partial charge in [-0.25, -0.2) is 4.98 Å². The van der Waals surface area contributed by atoms with Crippen molar-refractivity contribution < 1.29 is 9.90 Å². The quantitative estimate of drug-likeness (QED) is 0.678. The van der Waals surface area contributed by atoms with Crippen LogP contribution in [0.15, 0.2) is 30.7 Å². The van der Waals surface area contributed by atoms with Crippen molar-refractivity contribution in [3.63, 3.8) is 0 Å². The topological polar surface area (TPSA) is 54.6 Å². The molecule has 0 spiro atoms. The zero-order valence-electron chi connectivity index (χ0n) is 6.84. The molecule has 0 bridgehead atoms. The Hall–Kier alpha value is -1.68. The Morgan fingerprint density at radius 2 is 2.38 bits per heavy atom. The molecule has 0 fully saturated rings. The predicted molar refractivity (Wildman–Crippen MR) is 46.6 cm³/mol. The van der Waals surface area contributed by atoms with Crippen LogP contribution in [0, 0.1) is 0 Å². The lowest BCUT2D eigenvalue weighted by molar-refractivity contribution is 0.0901. The van der Waals surface area contributed by atoms with Gasteiger partial charge in [-0.05, 0) is 12.1 Å². The smallest absolute Gasteiger partial charge is 0.208 e. The summed E-state index contributed by atoms with van der Waals surface area (Å²) in [5, 5.41) is 8.67. The second kappa shape index (κ2) is 2.99. The molecule has 2 rings (SSSR count). The number of imidazole rings is 1. The number of aliphatic hydroxyl groups is 1. The number of aliphatic hydroxyl groups excluding tert-OH is 1. The summed E-state index contributed by atoms with van der Waals surface area (Å²) in [6.45, 7) is -0.498. The van der Waals surface area contributed by atoms with E-state index >= 15 is 0 Å². The van der Waals surface area contributed by atoms with E-state index < -0.39 is 6.61 Å². The van der Waals surface area contributed by atoms with Gasteiger partial charge in [-0.3, -0.25) is 4.79 Å². The maximum atomic E-state index is 11.2. The highest BCUT2D eigenvalue weighted by atomic mass is 16.3. The van der Waals surface area contributed by atoms with Crippen molar-refractivity contribution >= 4 is 11.3 Å². The van der Waals surface area contributed by atoms with Gasteiger partial charge in [0, 0.05) is 6.20 Å². The summed E-state index contributed by atoms with van der Waals surface area (Å²) in [6.07, 6.45) is 3.36. The molecular formula is C9H8N2O2. The standard InChI is InChI=1S/C9H8N2O2/c12-5-8(13)9-7-3-1-2-4-11(7)6-10-9/h1-4,6,12H,5H2. The summed E-state index contributed by atoms with van der Waals surface area (Å²) in [4.78, 5) is 15.1. The molecule has 0 saturated heterocycles. The van der Waals surface area contributed by atoms with Crippen molar-refractivity contribution in [2.45, 2.75) is 0 Å². The summed E-state index contributed by atoms with van der Waals surface area (Å²) < 4.78 is 1.74. The Balaban J connectivity index is 2.64. The molecular weight excluding hydrogens is 168 g/mol. The average Bonchev–Trinajstić information content (AvgIpc) is 2.60. The van der Waals surface area contributed by atoms with E-state index in [2.05, 4.69) is 4.98 Å². The number of rotatable bonds is 2. The third-order valence-electron chi connectivity index (χ3n) is 1.85. The lowest BCUT2D eigenvalue weighted by atomic mass is 10.2. The van der Waals surface area contributed by atoms with Crippen molar-refractivity contribution in [3.8, 4) is 0 Å². The van der Waals surface area contributed by atoms with Gasteiger partial charge < -0.3 is 9.51 Å². The SMILES string of the molecule is O=C(CO)c1ncn2ccccc12. The molecule has 0 unspecified atom stereocenters. The zero-order chi connectivity index (χ0) is 9.26. The number of hydrogen-bond donors (Lipinski definition) is 1. The molecule has 0 aliphatic rings. The van der Waals surface area contributed by atoms with Gasteiger partial charge in [0.25, 0.3) is 0 Å². The molecule has 0 aliphatic heterocycles. The normalized spacial score (nSPS) is 10.5. The number of carbonyl (C=O) groups excluding carboxylic acids is 1. The fraction of sp³-hybridized carbons (Fsp3) is 0.111. The number of pyridine rings is 1. The average molecular weight is 176 g/mol. The van der Waals surface area contributed by atoms with Gasteiger partial charge in [0.2, 0.25) is 5.78 Å². The summed E-state index contributed by atoms with van der Waals surface area (Å²) in [5.41, 5.74) is 1.05. The number of hydrogen-bond acceptors (Lipinski definition) is 3. The summed E-state index contributed by atoms with van der Waals surface area (Å²) in [5.74, 6) is -0.353. The van der Waals surface area contributed by atoms with E-state index in [4.69, 9.17) is 5.11 Å². The van der Waals surface area contributed by atoms with E-state index in [9.17, 15) is 4.79 Å². The van der Waals surface area contributed by atoms with Gasteiger partial charge in [-0.15, -0.1) is 0 Å². The van der Waals surface area contributed by atoms with E-state index in [1.807, 2.05) is 12.1 Å². The van der Waals surface area contributed by atoms with Crippen LogP contribution in [0.4, 0.5) is 0 Å². The minimum absolute atomic E-state index is 0.322. The highest BCUT2D eigenvalue weighted by molar-refractivity contribution is 6.01. The molecule has 0 saturated carbocycles. The predicted octanol–water partition coefficient (Wildman–Crippen LogP) is 0.509. The molecule has 2 heterocycles. The first-order chi connectivity index (χ1) is 6.33. The first kappa shape index (κ1) is 7.94. The Kier molecular flexibility index (Phi) is 1.83. The van der Waals surface area contributed by atoms with Crippen LogP contribution in [0.5, 0.6) is 0 Å². The molecule has 0 aliphatic carbocycles. The fourth-order valence-electron chi connectivity index (χ4n) is 1.23. The van der Waals surface area contributed by atoms with E-state index in [0.717, 1.165) is 5.52 Å². The maximum Gasteiger partial charge on any atom is 0.208 e. The number of ketones is 1. The Morgan fingerprint density at radius 1 is 1.54 bits per heavy atom. The summed E-state index contributed by atoms with van der Waals surface area (Å²) in [6, 6.07) is 5.46. The fourth-order valence-corrected chi connectivity index (χ4v) is 1.23. The summed E-state index contributed by atoms with van der Waals surface area (Å²) in [7, 11) is 0. The van der Waals surface area contributed by atoms with Crippen LogP contribution in [-0.2, 0) is 0 Å². The van der Waals surface area contributed by atoms with Crippen LogP contribution in [0.1, 0.15) is 10.5 Å². The molecule has 0 aromatic carbocycles. The van der Waals surface area contributed by atoms with Gasteiger partial charge >= 0.3 is 0 Å². The number of Topliss-reactive ketones (excluding diaryl/α,β-unsaturated/α-hetero) is 1. The van der Waals surface area contributed by atoms with Crippen molar-refractivity contribution in [2.24, 2.45) is 0 Å². The molecule has 66 valence electrons. The number of carbonyl (C=O) groups is 1. The minimum atomic E-state index is -0.498. The number of fused-ring (bicyclic) bond motifs is 1. The van der Waals surface area contributed by atoms with Gasteiger partial charge in [0.15, 0.2) is 0 Å². The van der Waals surface area contributed by atoms with Crippen molar-refractivity contribution in [2.75, 3.05) is 6.61 Å². The first-order valence-electron chi connectivity index (χ1n) is 3.88. The third-order valence-corrected chi connectivity index (χ3v) is 1.85. The van der Waals surface area contributed by atoms with Crippen LogP contribution < -0.4 is 0 Å². The molecule has 0 amide bonds. The number of nitrogens with zero attached hydrogens (tertiary/aromatic N) is 2. The van der Waals surface area contributed by atoms with Gasteiger partial charge in [0.1, 0.15) is 18.6 Å². The summed E-state index contributed by atoms with van der Waals surface area (Å²) >= 11 is 0. The highest BCUT2D eigenvalue weighted by Gasteiger charge is 2.10. The van der Waals surface area contributed by atoms with Crippen LogP contribution in [-0.4, -0.2) is 26.9 Å². The lowest BCUT2D eigenvalue weighted by Crippen LogP contribution is -2.05. The van der Waals surface area contributed by atoms with Crippen molar-refractivity contribution in [3.05, 3.63) is 36.4 Å². The largest absolute Gasteiger partial charge is 0.388 e. The number of aromatic nitrogens is 2. The molecule has 4 heteroatoms. The Labute approximate surface area is 74.5 Å². The van der Waals surface area contributed by atoms with Crippen LogP contribution in [0.2, 0.25) is 0 Å². The van der Waals surface area contributed by atoms with E-state index in [-0.39, 0.29) is 5.78 Å². The van der Waals surface area contributed by atoms with Crippen LogP contribution in [0.25, 0.3) is 5.52 Å². The Bertz CT molecular complexity index is 448. The molecule has 13 heavy (non-hydrogen) atoms. The first-order valence-corrected chi connectivity index (χ1v) is 3.88. The van der Waals surface area contributed by atoms with Crippen LogP contribution in [0.3, 0.4) is 0 Å². The van der Waals surface area contributed by atoms with Gasteiger partial charge in [-0.2, -0.15) is 0 Å². The lowest BCUT2D eigenvalue weighted by Gasteiger charge is -1.93. The molecule has 4 nitrogen and oxygen atoms in total. The maximum absolute atomic E-state index is 11.2. The minimum Gasteiger partial charge on any atom is -0.388 e. The van der Waals surface area contributed by atoms with E-state index in [1.54, 1.807) is 23.0 Å². The van der Waals surface area contributed by atoms with Crippen molar-refractivity contribution in [1.29, 1.82) is 0 Å². The van der Waals surface area contributed by atoms with Gasteiger partial charge in [0.05, 0.1) is 5.52 Å². The monoisotopic (exact) mass is 176 g/mol. The molecule has 0 atom stereocenters. The van der Waals surface area contributed by atoms with E-state index in [0.29, 0.717) is 5.69 Å². The van der Waals surface area contributed by atoms with Gasteiger partial charge in [-0.1, -0.05) is 6.07 Å². The molecule has 2 aromatic heterocycles. The third kappa shape index (κ3) is 1.21.